The zero-order valence-corrected chi connectivity index (χ0v) is 26.5. The summed E-state index contributed by atoms with van der Waals surface area (Å²) in [6.07, 6.45) is 14.6. The van der Waals surface area contributed by atoms with Gasteiger partial charge >= 0.3 is 0 Å². The molecule has 2 unspecified atom stereocenters. The van der Waals surface area contributed by atoms with Crippen molar-refractivity contribution in [2.75, 3.05) is 0 Å². The van der Waals surface area contributed by atoms with Gasteiger partial charge < -0.3 is 8.85 Å². The van der Waals surface area contributed by atoms with E-state index in [0.29, 0.717) is 29.3 Å². The Morgan fingerprint density at radius 1 is 0.857 bits per heavy atom. The first kappa shape index (κ1) is 27.9. The Labute approximate surface area is 219 Å². The van der Waals surface area contributed by atoms with Crippen molar-refractivity contribution in [2.24, 2.45) is 46.3 Å². The number of carbonyl (C=O) groups excluding carboxylic acids is 1. The Balaban J connectivity index is 1.39. The molecule has 0 aromatic carbocycles. The third kappa shape index (κ3) is 5.82. The summed E-state index contributed by atoms with van der Waals surface area (Å²) >= 11 is 0. The Morgan fingerprint density at radius 3 is 2.17 bits per heavy atom. The second-order valence-electron chi connectivity index (χ2n) is 15.6. The standard InChI is InChI=1S/C30H56O3Si2/c1-21(10-15-28(31)33-35(7,8)9)25-13-14-26-24-12-11-22-20-23(32-34(4,5)6)16-18-29(22,2)27(24)17-19-30(25,26)3/h21-27H,10-20H2,1-9H3/t21-,22?,23?,24+,25-,26+,27+,29+,30-/m1/s1. The van der Waals surface area contributed by atoms with Gasteiger partial charge in [0, 0.05) is 12.5 Å². The topological polar surface area (TPSA) is 35.5 Å². The number of rotatable bonds is 7. The van der Waals surface area contributed by atoms with Crippen LogP contribution in [0.3, 0.4) is 0 Å². The second-order valence-corrected chi connectivity index (χ2v) is 24.5. The Kier molecular flexibility index (Phi) is 7.87. The van der Waals surface area contributed by atoms with Crippen LogP contribution in [0.15, 0.2) is 0 Å². The van der Waals surface area contributed by atoms with Gasteiger partial charge in [-0.1, -0.05) is 20.8 Å². The minimum absolute atomic E-state index is 0.0411. The van der Waals surface area contributed by atoms with E-state index in [1.165, 1.54) is 57.8 Å². The van der Waals surface area contributed by atoms with Gasteiger partial charge in [-0.25, -0.2) is 0 Å². The van der Waals surface area contributed by atoms with Gasteiger partial charge in [0.1, 0.15) is 0 Å². The van der Waals surface area contributed by atoms with Crippen LogP contribution in [-0.4, -0.2) is 28.7 Å². The minimum atomic E-state index is -1.78. The molecule has 0 N–H and O–H groups in total. The normalized spacial score (nSPS) is 42.5. The van der Waals surface area contributed by atoms with Crippen molar-refractivity contribution < 1.29 is 13.6 Å². The molecule has 3 nitrogen and oxygen atoms in total. The molecule has 5 heteroatoms. The number of carbonyl (C=O) groups is 1. The highest BCUT2D eigenvalue weighted by molar-refractivity contribution is 6.71. The van der Waals surface area contributed by atoms with Crippen LogP contribution in [0.1, 0.15) is 91.4 Å². The van der Waals surface area contributed by atoms with Crippen molar-refractivity contribution >= 4 is 22.6 Å². The molecule has 0 saturated heterocycles. The van der Waals surface area contributed by atoms with Crippen LogP contribution in [0.4, 0.5) is 0 Å². The predicted octanol–water partition coefficient (Wildman–Crippen LogP) is 8.66. The smallest absolute Gasteiger partial charge is 0.292 e. The van der Waals surface area contributed by atoms with Gasteiger partial charge in [-0.15, -0.1) is 0 Å². The fourth-order valence-electron chi connectivity index (χ4n) is 9.74. The first-order valence-corrected chi connectivity index (χ1v) is 21.8. The van der Waals surface area contributed by atoms with Crippen LogP contribution in [0.5, 0.6) is 0 Å². The molecular formula is C30H56O3Si2. The second kappa shape index (κ2) is 9.87. The highest BCUT2D eigenvalue weighted by Gasteiger charge is 2.60. The number of hydrogen-bond donors (Lipinski definition) is 0. The molecule has 4 aliphatic carbocycles. The van der Waals surface area contributed by atoms with Crippen LogP contribution in [0.25, 0.3) is 0 Å². The zero-order valence-electron chi connectivity index (χ0n) is 24.5. The van der Waals surface area contributed by atoms with Crippen LogP contribution in [0.2, 0.25) is 39.3 Å². The Morgan fingerprint density at radius 2 is 1.51 bits per heavy atom. The first-order valence-electron chi connectivity index (χ1n) is 15.0. The average Bonchev–Trinajstić information content (AvgIpc) is 3.07. The van der Waals surface area contributed by atoms with E-state index < -0.39 is 16.6 Å². The molecule has 9 atom stereocenters. The highest BCUT2D eigenvalue weighted by Crippen LogP contribution is 2.68. The van der Waals surface area contributed by atoms with Crippen molar-refractivity contribution in [2.45, 2.75) is 137 Å². The largest absolute Gasteiger partial charge is 0.520 e. The van der Waals surface area contributed by atoms with E-state index in [0.717, 1.165) is 36.0 Å². The SMILES string of the molecule is C[C@H](CCC(=O)O[Si](C)(C)C)[C@H]1CC[C@H]2[C@@H]3CCC4CC(O[Si](C)(C)C)CC[C@]4(C)[C@H]3CC[C@]12C. The summed E-state index contributed by atoms with van der Waals surface area (Å²) in [5, 5.41) is 0. The maximum absolute atomic E-state index is 12.4. The van der Waals surface area contributed by atoms with E-state index in [1.807, 2.05) is 0 Å². The molecule has 0 bridgehead atoms. The van der Waals surface area contributed by atoms with E-state index in [1.54, 1.807) is 0 Å². The molecule has 0 spiro atoms. The summed E-state index contributed by atoms with van der Waals surface area (Å²) in [7, 11) is -3.24. The quantitative estimate of drug-likeness (QED) is 0.315. The maximum atomic E-state index is 12.4. The first-order chi connectivity index (χ1) is 16.1. The summed E-state index contributed by atoms with van der Waals surface area (Å²) in [5.41, 5.74) is 1.01. The van der Waals surface area contributed by atoms with Crippen molar-refractivity contribution in [3.05, 3.63) is 0 Å². The monoisotopic (exact) mass is 520 g/mol. The number of hydrogen-bond acceptors (Lipinski definition) is 3. The maximum Gasteiger partial charge on any atom is 0.292 e. The van der Waals surface area contributed by atoms with Crippen LogP contribution >= 0.6 is 0 Å². The Bertz CT molecular complexity index is 771. The van der Waals surface area contributed by atoms with Gasteiger partial charge in [0.25, 0.3) is 5.97 Å². The van der Waals surface area contributed by atoms with Crippen molar-refractivity contribution in [1.82, 2.24) is 0 Å². The predicted molar refractivity (Wildman–Crippen MR) is 151 cm³/mol. The highest BCUT2D eigenvalue weighted by atomic mass is 28.4. The van der Waals surface area contributed by atoms with Gasteiger partial charge in [-0.05, 0) is 150 Å². The van der Waals surface area contributed by atoms with E-state index in [9.17, 15) is 4.79 Å². The molecule has 4 aliphatic rings. The zero-order chi connectivity index (χ0) is 25.8. The summed E-state index contributed by atoms with van der Waals surface area (Å²) in [6, 6.07) is 0. The molecule has 0 heterocycles. The molecule has 0 aromatic heterocycles. The van der Waals surface area contributed by atoms with Gasteiger partial charge in [-0.3, -0.25) is 4.79 Å². The summed E-state index contributed by atoms with van der Waals surface area (Å²) < 4.78 is 12.4. The average molecular weight is 521 g/mol. The van der Waals surface area contributed by atoms with Gasteiger partial charge in [0.15, 0.2) is 8.32 Å². The molecule has 202 valence electrons. The van der Waals surface area contributed by atoms with E-state index in [4.69, 9.17) is 8.85 Å². The summed E-state index contributed by atoms with van der Waals surface area (Å²) in [6.45, 7) is 21.1. The fourth-order valence-corrected chi connectivity index (χ4v) is 11.7. The molecule has 0 aliphatic heterocycles. The van der Waals surface area contributed by atoms with Crippen molar-refractivity contribution in [1.29, 1.82) is 0 Å². The van der Waals surface area contributed by atoms with Gasteiger partial charge in [-0.2, -0.15) is 0 Å². The van der Waals surface area contributed by atoms with E-state index in [-0.39, 0.29) is 5.97 Å². The van der Waals surface area contributed by atoms with E-state index >= 15 is 0 Å². The molecule has 0 amide bonds. The van der Waals surface area contributed by atoms with Gasteiger partial charge in [0.05, 0.1) is 0 Å². The molecule has 4 fully saturated rings. The van der Waals surface area contributed by atoms with Crippen LogP contribution in [-0.2, 0) is 13.6 Å². The molecule has 4 rings (SSSR count). The lowest BCUT2D eigenvalue weighted by Gasteiger charge is -2.61. The summed E-state index contributed by atoms with van der Waals surface area (Å²) in [4.78, 5) is 12.4. The van der Waals surface area contributed by atoms with Crippen molar-refractivity contribution in [3.8, 4) is 0 Å². The third-order valence-electron chi connectivity index (χ3n) is 11.1. The van der Waals surface area contributed by atoms with Gasteiger partial charge in [0.2, 0.25) is 8.32 Å². The van der Waals surface area contributed by atoms with Crippen LogP contribution < -0.4 is 0 Å². The molecule has 0 radical (unpaired) electrons. The third-order valence-corrected chi connectivity index (χ3v) is 13.0. The fraction of sp³-hybridized carbons (Fsp3) is 0.967. The lowest BCUT2D eigenvalue weighted by molar-refractivity contribution is -0.136. The molecule has 35 heavy (non-hydrogen) atoms. The molecule has 4 saturated carbocycles. The lowest BCUT2D eigenvalue weighted by Crippen LogP contribution is -2.54. The van der Waals surface area contributed by atoms with Crippen LogP contribution in [0, 0.1) is 46.3 Å². The lowest BCUT2D eigenvalue weighted by atomic mass is 9.44. The van der Waals surface area contributed by atoms with Crippen molar-refractivity contribution in [3.63, 3.8) is 0 Å². The molecular weight excluding hydrogens is 464 g/mol. The minimum Gasteiger partial charge on any atom is -0.520 e. The Hall–Kier alpha value is -0.136. The summed E-state index contributed by atoms with van der Waals surface area (Å²) in [5.74, 6) is 5.07. The van der Waals surface area contributed by atoms with E-state index in [2.05, 4.69) is 60.1 Å². The molecule has 0 aromatic rings. The number of fused-ring (bicyclic) bond motifs is 5.